The summed E-state index contributed by atoms with van der Waals surface area (Å²) in [6, 6.07) is 0. The van der Waals surface area contributed by atoms with E-state index >= 15 is 0 Å². The van der Waals surface area contributed by atoms with Gasteiger partial charge in [0.2, 0.25) is 0 Å². The Bertz CT molecular complexity index is 641. The molecule has 27 heavy (non-hydrogen) atoms. The van der Waals surface area contributed by atoms with Crippen molar-refractivity contribution in [3.05, 3.63) is 23.8 Å². The summed E-state index contributed by atoms with van der Waals surface area (Å²) in [6.07, 6.45) is 17.0. The molecule has 1 nitrogen and oxygen atoms in total. The topological polar surface area (TPSA) is 3.24 Å². The second kappa shape index (κ2) is 6.48. The molecule has 1 heteroatoms. The van der Waals surface area contributed by atoms with Gasteiger partial charge in [0, 0.05) is 13.1 Å². The number of likely N-dealkylation sites (tertiary alicyclic amines) is 1. The average Bonchev–Trinajstić information content (AvgIpc) is 2.93. The third kappa shape index (κ3) is 2.82. The molecule has 4 aliphatic carbocycles. The van der Waals surface area contributed by atoms with E-state index in [1.54, 1.807) is 5.57 Å². The molecule has 150 valence electrons. The molecule has 4 saturated carbocycles. The number of allylic oxidation sites excluding steroid dienone is 3. The standard InChI is InChI=1S/C26H41N/c1-18-5-10-23-22-9-8-21-15-19(6-7-20-16-27(4)17-20)11-13-26(21,3)24(22)12-14-25(18,23)2/h6,20-24H,1,5,7-17H2,2-4H3/b19-6-/t21?,22?,23?,24?,25-,26+/m1/s1. The Kier molecular flexibility index (Phi) is 4.43. The SMILES string of the molecule is C=C1CCC2C3CCC4C/C(=C\CC5CN(C)C5)CC[C@]4(C)C3CC[C@]12C. The molecule has 0 aromatic heterocycles. The maximum absolute atomic E-state index is 4.50. The number of rotatable bonds is 2. The number of hydrogen-bond acceptors (Lipinski definition) is 1. The molecule has 4 unspecified atom stereocenters. The number of hydrogen-bond donors (Lipinski definition) is 0. The summed E-state index contributed by atoms with van der Waals surface area (Å²) >= 11 is 0. The molecule has 0 spiro atoms. The minimum absolute atomic E-state index is 0.486. The van der Waals surface area contributed by atoms with E-state index in [0.717, 1.165) is 29.6 Å². The van der Waals surface area contributed by atoms with Gasteiger partial charge in [-0.05, 0) is 112 Å². The van der Waals surface area contributed by atoms with Crippen LogP contribution in [-0.4, -0.2) is 25.0 Å². The van der Waals surface area contributed by atoms with Gasteiger partial charge in [-0.1, -0.05) is 37.6 Å². The van der Waals surface area contributed by atoms with Crippen LogP contribution >= 0.6 is 0 Å². The van der Waals surface area contributed by atoms with Crippen molar-refractivity contribution in [2.24, 2.45) is 40.4 Å². The third-order valence-corrected chi connectivity index (χ3v) is 10.4. The van der Waals surface area contributed by atoms with Gasteiger partial charge in [-0.3, -0.25) is 0 Å². The van der Waals surface area contributed by atoms with Crippen LogP contribution in [0.25, 0.3) is 0 Å². The van der Waals surface area contributed by atoms with Crippen LogP contribution in [0, 0.1) is 40.4 Å². The van der Waals surface area contributed by atoms with Gasteiger partial charge in [0.15, 0.2) is 0 Å². The zero-order chi connectivity index (χ0) is 18.8. The molecule has 0 aromatic carbocycles. The van der Waals surface area contributed by atoms with E-state index < -0.39 is 0 Å². The van der Waals surface area contributed by atoms with Crippen LogP contribution < -0.4 is 0 Å². The Morgan fingerprint density at radius 1 is 1.04 bits per heavy atom. The fourth-order valence-electron chi connectivity index (χ4n) is 8.51. The van der Waals surface area contributed by atoms with E-state index in [-0.39, 0.29) is 0 Å². The smallest absolute Gasteiger partial charge is 0.00219 e. The molecule has 5 fully saturated rings. The van der Waals surface area contributed by atoms with Gasteiger partial charge in [0.25, 0.3) is 0 Å². The second-order valence-electron chi connectivity index (χ2n) is 11.6. The average molecular weight is 368 g/mol. The summed E-state index contributed by atoms with van der Waals surface area (Å²) in [5, 5.41) is 0. The van der Waals surface area contributed by atoms with Gasteiger partial charge in [-0.2, -0.15) is 0 Å². The molecule has 0 aromatic rings. The van der Waals surface area contributed by atoms with E-state index in [0.29, 0.717) is 10.8 Å². The summed E-state index contributed by atoms with van der Waals surface area (Å²) in [5.74, 6) is 4.87. The minimum Gasteiger partial charge on any atom is -0.306 e. The first-order valence-electron chi connectivity index (χ1n) is 11.9. The third-order valence-electron chi connectivity index (χ3n) is 10.4. The quantitative estimate of drug-likeness (QED) is 0.506. The lowest BCUT2D eigenvalue weighted by Gasteiger charge is -2.60. The molecule has 1 saturated heterocycles. The zero-order valence-corrected chi connectivity index (χ0v) is 18.1. The predicted molar refractivity (Wildman–Crippen MR) is 115 cm³/mol. The zero-order valence-electron chi connectivity index (χ0n) is 18.1. The monoisotopic (exact) mass is 367 g/mol. The molecular weight excluding hydrogens is 326 g/mol. The lowest BCUT2D eigenvalue weighted by atomic mass is 9.45. The number of fused-ring (bicyclic) bond motifs is 5. The summed E-state index contributed by atoms with van der Waals surface area (Å²) in [5.41, 5.74) is 4.52. The maximum atomic E-state index is 4.50. The van der Waals surface area contributed by atoms with E-state index in [1.165, 1.54) is 77.3 Å². The Morgan fingerprint density at radius 3 is 2.63 bits per heavy atom. The highest BCUT2D eigenvalue weighted by Crippen LogP contribution is 2.67. The number of nitrogens with zero attached hydrogens (tertiary/aromatic N) is 1. The Hall–Kier alpha value is -0.560. The maximum Gasteiger partial charge on any atom is 0.00219 e. The Labute approximate surface area is 167 Å². The first-order chi connectivity index (χ1) is 12.9. The van der Waals surface area contributed by atoms with Crippen molar-refractivity contribution in [3.8, 4) is 0 Å². The summed E-state index contributed by atoms with van der Waals surface area (Å²) < 4.78 is 0. The van der Waals surface area contributed by atoms with Gasteiger partial charge in [-0.25, -0.2) is 0 Å². The van der Waals surface area contributed by atoms with Crippen LogP contribution in [0.15, 0.2) is 23.8 Å². The van der Waals surface area contributed by atoms with E-state index in [9.17, 15) is 0 Å². The van der Waals surface area contributed by atoms with Crippen LogP contribution in [0.1, 0.15) is 78.1 Å². The molecule has 5 rings (SSSR count). The first-order valence-corrected chi connectivity index (χ1v) is 11.9. The van der Waals surface area contributed by atoms with Crippen molar-refractivity contribution in [2.45, 2.75) is 78.1 Å². The highest BCUT2D eigenvalue weighted by atomic mass is 15.2. The largest absolute Gasteiger partial charge is 0.306 e. The Morgan fingerprint density at radius 2 is 1.85 bits per heavy atom. The lowest BCUT2D eigenvalue weighted by molar-refractivity contribution is -0.0904. The fourth-order valence-corrected chi connectivity index (χ4v) is 8.51. The van der Waals surface area contributed by atoms with Crippen molar-refractivity contribution >= 4 is 0 Å². The van der Waals surface area contributed by atoms with Crippen molar-refractivity contribution in [3.63, 3.8) is 0 Å². The minimum atomic E-state index is 0.486. The second-order valence-corrected chi connectivity index (χ2v) is 11.6. The molecule has 5 aliphatic rings. The summed E-state index contributed by atoms with van der Waals surface area (Å²) in [4.78, 5) is 2.46. The first kappa shape index (κ1) is 18.5. The normalized spacial score (nSPS) is 49.4. The highest BCUT2D eigenvalue weighted by Gasteiger charge is 2.58. The molecule has 0 radical (unpaired) electrons. The molecule has 6 atom stereocenters. The Balaban J connectivity index is 1.29. The highest BCUT2D eigenvalue weighted by molar-refractivity contribution is 5.22. The van der Waals surface area contributed by atoms with E-state index in [1.807, 2.05) is 5.57 Å². The molecule has 0 bridgehead atoms. The molecular formula is C26H41N. The van der Waals surface area contributed by atoms with Crippen LogP contribution in [0.5, 0.6) is 0 Å². The van der Waals surface area contributed by atoms with Gasteiger partial charge < -0.3 is 4.90 Å². The fraction of sp³-hybridized carbons (Fsp3) is 0.846. The molecule has 1 heterocycles. The van der Waals surface area contributed by atoms with Gasteiger partial charge in [-0.15, -0.1) is 0 Å². The van der Waals surface area contributed by atoms with Gasteiger partial charge in [0.05, 0.1) is 0 Å². The van der Waals surface area contributed by atoms with Gasteiger partial charge >= 0.3 is 0 Å². The van der Waals surface area contributed by atoms with Gasteiger partial charge in [0.1, 0.15) is 0 Å². The lowest BCUT2D eigenvalue weighted by Crippen LogP contribution is -2.52. The van der Waals surface area contributed by atoms with E-state index in [4.69, 9.17) is 0 Å². The van der Waals surface area contributed by atoms with Crippen LogP contribution in [0.2, 0.25) is 0 Å². The van der Waals surface area contributed by atoms with Crippen molar-refractivity contribution in [2.75, 3.05) is 20.1 Å². The summed E-state index contributed by atoms with van der Waals surface area (Å²) in [7, 11) is 2.25. The van der Waals surface area contributed by atoms with Crippen LogP contribution in [0.4, 0.5) is 0 Å². The molecule has 1 aliphatic heterocycles. The predicted octanol–water partition coefficient (Wildman–Crippen LogP) is 6.46. The van der Waals surface area contributed by atoms with Crippen molar-refractivity contribution < 1.29 is 0 Å². The molecule has 0 N–H and O–H groups in total. The van der Waals surface area contributed by atoms with E-state index in [2.05, 4.69) is 38.5 Å². The van der Waals surface area contributed by atoms with Crippen LogP contribution in [0.3, 0.4) is 0 Å². The van der Waals surface area contributed by atoms with Crippen LogP contribution in [-0.2, 0) is 0 Å². The molecule has 0 amide bonds. The van der Waals surface area contributed by atoms with Crippen molar-refractivity contribution in [1.29, 1.82) is 0 Å². The summed E-state index contributed by atoms with van der Waals surface area (Å²) in [6.45, 7) is 12.4. The van der Waals surface area contributed by atoms with Crippen molar-refractivity contribution in [1.82, 2.24) is 4.90 Å².